The summed E-state index contributed by atoms with van der Waals surface area (Å²) >= 11 is 0. The third-order valence-electron chi connectivity index (χ3n) is 4.23. The molecule has 0 amide bonds. The van der Waals surface area contributed by atoms with Crippen LogP contribution in [0.1, 0.15) is 34.8 Å². The van der Waals surface area contributed by atoms with E-state index < -0.39 is 11.8 Å². The lowest BCUT2D eigenvalue weighted by molar-refractivity contribution is 0.0692. The molecule has 0 radical (unpaired) electrons. The molecule has 3 aromatic rings. The van der Waals surface area contributed by atoms with Crippen molar-refractivity contribution in [1.82, 2.24) is 19.7 Å². The van der Waals surface area contributed by atoms with Crippen LogP contribution in [0.15, 0.2) is 36.8 Å². The molecule has 2 heterocycles. The van der Waals surface area contributed by atoms with E-state index in [1.54, 1.807) is 19.3 Å². The molecule has 1 aromatic carbocycles. The fraction of sp³-hybridized carbons (Fsp3) is 0.222. The largest absolute Gasteiger partial charge is 0.478 e. The van der Waals surface area contributed by atoms with E-state index in [1.165, 1.54) is 18.2 Å². The molecule has 0 unspecified atom stereocenters. The van der Waals surface area contributed by atoms with Crippen molar-refractivity contribution in [2.45, 2.75) is 25.8 Å². The molecule has 1 aliphatic carbocycles. The smallest absolute Gasteiger partial charge is 0.338 e. The minimum Gasteiger partial charge on any atom is -0.478 e. The van der Waals surface area contributed by atoms with E-state index in [0.717, 1.165) is 18.5 Å². The van der Waals surface area contributed by atoms with Crippen LogP contribution in [0.3, 0.4) is 0 Å². The van der Waals surface area contributed by atoms with Gasteiger partial charge in [0.05, 0.1) is 29.2 Å². The minimum atomic E-state index is -1.32. The number of carbonyl (C=O) groups is 1. The van der Waals surface area contributed by atoms with Crippen LogP contribution < -0.4 is 5.32 Å². The summed E-state index contributed by atoms with van der Waals surface area (Å²) in [6, 6.07) is 4.69. The average Bonchev–Trinajstić information content (AvgIpc) is 3.36. The van der Waals surface area contributed by atoms with E-state index in [2.05, 4.69) is 20.4 Å². The fourth-order valence-electron chi connectivity index (χ4n) is 2.73. The van der Waals surface area contributed by atoms with Gasteiger partial charge in [0.2, 0.25) is 5.95 Å². The lowest BCUT2D eigenvalue weighted by Crippen LogP contribution is -2.04. The molecule has 26 heavy (non-hydrogen) atoms. The molecule has 132 valence electrons. The number of hydrogen-bond donors (Lipinski definition) is 2. The molecule has 0 saturated heterocycles. The van der Waals surface area contributed by atoms with E-state index in [-0.39, 0.29) is 11.1 Å². The molecule has 1 aliphatic rings. The number of carboxylic acids is 1. The number of hydrogen-bond acceptors (Lipinski definition) is 5. The number of aryl methyl sites for hydroxylation is 1. The summed E-state index contributed by atoms with van der Waals surface area (Å²) in [5.41, 5.74) is 1.47. The van der Waals surface area contributed by atoms with E-state index in [9.17, 15) is 9.18 Å². The van der Waals surface area contributed by atoms with Crippen molar-refractivity contribution in [3.8, 4) is 11.3 Å². The maximum atomic E-state index is 14.6. The van der Waals surface area contributed by atoms with Crippen molar-refractivity contribution < 1.29 is 14.3 Å². The molecular formula is C18H16FN5O2. The molecule has 0 spiro atoms. The second-order valence-corrected chi connectivity index (χ2v) is 6.26. The van der Waals surface area contributed by atoms with Gasteiger partial charge in [-0.15, -0.1) is 0 Å². The minimum absolute atomic E-state index is 0.126. The van der Waals surface area contributed by atoms with Crippen molar-refractivity contribution in [2.75, 3.05) is 5.32 Å². The van der Waals surface area contributed by atoms with Gasteiger partial charge < -0.3 is 10.4 Å². The van der Waals surface area contributed by atoms with Gasteiger partial charge in [0.15, 0.2) is 0 Å². The Hall–Kier alpha value is -3.29. The number of aromatic carboxylic acids is 1. The normalized spacial score (nSPS) is 13.6. The van der Waals surface area contributed by atoms with E-state index in [1.807, 2.05) is 10.9 Å². The SMILES string of the molecule is Cc1cnc(Nc2cnn(C3CC3)c2)nc1-c1cccc(C(=O)O)c1F. The van der Waals surface area contributed by atoms with E-state index in [4.69, 9.17) is 5.11 Å². The first-order chi connectivity index (χ1) is 12.5. The van der Waals surface area contributed by atoms with Crippen LogP contribution in [0.5, 0.6) is 0 Å². The Morgan fingerprint density at radius 3 is 2.88 bits per heavy atom. The Morgan fingerprint density at radius 1 is 1.35 bits per heavy atom. The molecule has 4 rings (SSSR count). The lowest BCUT2D eigenvalue weighted by atomic mass is 10.0. The maximum Gasteiger partial charge on any atom is 0.338 e. The molecule has 0 bridgehead atoms. The highest BCUT2D eigenvalue weighted by Gasteiger charge is 2.24. The lowest BCUT2D eigenvalue weighted by Gasteiger charge is -2.10. The molecule has 1 saturated carbocycles. The zero-order valence-corrected chi connectivity index (χ0v) is 14.0. The summed E-state index contributed by atoms with van der Waals surface area (Å²) in [4.78, 5) is 19.8. The van der Waals surface area contributed by atoms with Crippen molar-refractivity contribution >= 4 is 17.6 Å². The van der Waals surface area contributed by atoms with Crippen molar-refractivity contribution in [3.05, 3.63) is 53.7 Å². The van der Waals surface area contributed by atoms with Gasteiger partial charge in [-0.1, -0.05) is 6.07 Å². The molecule has 8 heteroatoms. The van der Waals surface area contributed by atoms with Crippen LogP contribution in [-0.2, 0) is 0 Å². The Morgan fingerprint density at radius 2 is 2.15 bits per heavy atom. The number of halogens is 1. The summed E-state index contributed by atoms with van der Waals surface area (Å²) < 4.78 is 16.5. The Kier molecular flexibility index (Phi) is 3.87. The number of anilines is 2. The first kappa shape index (κ1) is 16.2. The summed E-state index contributed by atoms with van der Waals surface area (Å²) in [5.74, 6) is -1.84. The fourth-order valence-corrected chi connectivity index (χ4v) is 2.73. The topological polar surface area (TPSA) is 92.9 Å². The highest BCUT2D eigenvalue weighted by Crippen LogP contribution is 2.35. The number of nitrogens with one attached hydrogen (secondary N) is 1. The van der Waals surface area contributed by atoms with Crippen LogP contribution in [0.2, 0.25) is 0 Å². The van der Waals surface area contributed by atoms with Gasteiger partial charge in [-0.3, -0.25) is 4.68 Å². The quantitative estimate of drug-likeness (QED) is 0.728. The van der Waals surface area contributed by atoms with Gasteiger partial charge in [0.25, 0.3) is 0 Å². The summed E-state index contributed by atoms with van der Waals surface area (Å²) in [7, 11) is 0. The van der Waals surface area contributed by atoms with Gasteiger partial charge in [-0.05, 0) is 37.5 Å². The van der Waals surface area contributed by atoms with Gasteiger partial charge in [-0.2, -0.15) is 5.10 Å². The molecular weight excluding hydrogens is 337 g/mol. The van der Waals surface area contributed by atoms with Gasteiger partial charge in [0, 0.05) is 18.0 Å². The zero-order chi connectivity index (χ0) is 18.3. The molecule has 1 fully saturated rings. The molecule has 0 aliphatic heterocycles. The summed E-state index contributed by atoms with van der Waals surface area (Å²) in [5, 5.41) is 16.5. The summed E-state index contributed by atoms with van der Waals surface area (Å²) in [6.45, 7) is 1.75. The monoisotopic (exact) mass is 353 g/mol. The molecule has 2 aromatic heterocycles. The third kappa shape index (κ3) is 3.01. The average molecular weight is 353 g/mol. The van der Waals surface area contributed by atoms with E-state index >= 15 is 0 Å². The van der Waals surface area contributed by atoms with Crippen molar-refractivity contribution in [1.29, 1.82) is 0 Å². The Balaban J connectivity index is 1.68. The summed E-state index contributed by atoms with van der Waals surface area (Å²) in [6.07, 6.45) is 7.40. The highest BCUT2D eigenvalue weighted by atomic mass is 19.1. The zero-order valence-electron chi connectivity index (χ0n) is 14.0. The molecule has 0 atom stereocenters. The standard InChI is InChI=1S/C18H16FN5O2/c1-10-7-20-18(22-11-8-21-24(9-11)12-5-6-12)23-16(10)13-3-2-4-14(15(13)19)17(25)26/h2-4,7-9,12H,5-6H2,1H3,(H,25,26)(H,20,22,23). The Labute approximate surface area is 148 Å². The van der Waals surface area contributed by atoms with Crippen LogP contribution in [-0.4, -0.2) is 30.8 Å². The Bertz CT molecular complexity index is 997. The van der Waals surface area contributed by atoms with E-state index in [0.29, 0.717) is 23.2 Å². The maximum absolute atomic E-state index is 14.6. The van der Waals surface area contributed by atoms with Crippen LogP contribution in [0.4, 0.5) is 16.0 Å². The van der Waals surface area contributed by atoms with Crippen molar-refractivity contribution in [2.24, 2.45) is 0 Å². The van der Waals surface area contributed by atoms with Gasteiger partial charge >= 0.3 is 5.97 Å². The molecule has 2 N–H and O–H groups in total. The van der Waals surface area contributed by atoms with Crippen molar-refractivity contribution in [3.63, 3.8) is 0 Å². The predicted octanol–water partition coefficient (Wildman–Crippen LogP) is 3.56. The number of benzene rings is 1. The van der Waals surface area contributed by atoms with Gasteiger partial charge in [0.1, 0.15) is 5.82 Å². The highest BCUT2D eigenvalue weighted by molar-refractivity contribution is 5.90. The number of aromatic nitrogens is 4. The number of carboxylic acid groups (broad SMARTS) is 1. The molecule has 7 nitrogen and oxygen atoms in total. The first-order valence-corrected chi connectivity index (χ1v) is 8.20. The third-order valence-corrected chi connectivity index (χ3v) is 4.23. The van der Waals surface area contributed by atoms with Crippen LogP contribution in [0, 0.1) is 12.7 Å². The second-order valence-electron chi connectivity index (χ2n) is 6.26. The number of nitrogens with zero attached hydrogens (tertiary/aromatic N) is 4. The first-order valence-electron chi connectivity index (χ1n) is 8.20. The van der Waals surface area contributed by atoms with Gasteiger partial charge in [-0.25, -0.2) is 19.2 Å². The second kappa shape index (κ2) is 6.21. The number of rotatable bonds is 5. The predicted molar refractivity (Wildman–Crippen MR) is 92.9 cm³/mol. The van der Waals surface area contributed by atoms with Crippen LogP contribution >= 0.6 is 0 Å². The van der Waals surface area contributed by atoms with Crippen LogP contribution in [0.25, 0.3) is 11.3 Å².